The van der Waals surface area contributed by atoms with E-state index >= 15 is 0 Å². The molecule has 14 aromatic rings. The van der Waals surface area contributed by atoms with E-state index < -0.39 is 0 Å². The molecule has 0 unspecified atom stereocenters. The van der Waals surface area contributed by atoms with Gasteiger partial charge >= 0.3 is 0 Å². The molecular formula is C96H80. The predicted molar refractivity (Wildman–Crippen MR) is 413 cm³/mol. The van der Waals surface area contributed by atoms with Crippen LogP contribution in [0.3, 0.4) is 0 Å². The third kappa shape index (κ3) is 8.93. The van der Waals surface area contributed by atoms with Crippen LogP contribution in [0.5, 0.6) is 0 Å². The van der Waals surface area contributed by atoms with Gasteiger partial charge in [-0.05, 0) is 266 Å². The van der Waals surface area contributed by atoms with E-state index in [-0.39, 0.29) is 21.7 Å². The van der Waals surface area contributed by atoms with E-state index in [1.165, 1.54) is 210 Å². The number of fused-ring (bicyclic) bond motifs is 6. The van der Waals surface area contributed by atoms with E-state index in [1.807, 2.05) is 0 Å². The summed E-state index contributed by atoms with van der Waals surface area (Å²) in [6.45, 7) is 28.2. The quantitative estimate of drug-likeness (QED) is 0.140. The van der Waals surface area contributed by atoms with Gasteiger partial charge in [-0.25, -0.2) is 0 Å². The Balaban J connectivity index is 0.566. The fraction of sp³-hybridized carbons (Fsp3) is 0.188. The number of rotatable bonds is 7. The summed E-state index contributed by atoms with van der Waals surface area (Å²) in [6, 6.07) is 89.3. The normalized spacial score (nSPS) is 14.9. The van der Waals surface area contributed by atoms with Gasteiger partial charge in [0.2, 0.25) is 0 Å². The Kier molecular flexibility index (Phi) is 12.6. The van der Waals surface area contributed by atoms with Crippen molar-refractivity contribution in [2.24, 2.45) is 5.41 Å². The van der Waals surface area contributed by atoms with Crippen molar-refractivity contribution in [1.29, 1.82) is 0 Å². The van der Waals surface area contributed by atoms with E-state index in [2.05, 4.69) is 326 Å². The Morgan fingerprint density at radius 2 is 0.677 bits per heavy atom. The highest BCUT2D eigenvalue weighted by Crippen LogP contribution is 2.55. The molecule has 4 aliphatic carbocycles. The average molecular weight is 1230 g/mol. The van der Waals surface area contributed by atoms with E-state index in [9.17, 15) is 0 Å². The molecule has 0 radical (unpaired) electrons. The first-order chi connectivity index (χ1) is 46.1. The van der Waals surface area contributed by atoms with Gasteiger partial charge in [0, 0.05) is 10.8 Å². The minimum atomic E-state index is -0.167. The van der Waals surface area contributed by atoms with Crippen molar-refractivity contribution in [3.8, 4) is 100 Å². The Hall–Kier alpha value is -10.1. The lowest BCUT2D eigenvalue weighted by atomic mass is 9.72. The van der Waals surface area contributed by atoms with Crippen molar-refractivity contribution in [3.05, 3.63) is 298 Å². The highest BCUT2D eigenvalue weighted by Gasteiger charge is 2.39. The van der Waals surface area contributed by atoms with Gasteiger partial charge in [0.15, 0.2) is 0 Å². The van der Waals surface area contributed by atoms with E-state index in [4.69, 9.17) is 0 Å². The lowest BCUT2D eigenvalue weighted by molar-refractivity contribution is 0.498. The number of allylic oxidation sites excluding steroid dienone is 3. The molecule has 0 saturated heterocycles. The molecule has 0 heterocycles. The van der Waals surface area contributed by atoms with Crippen molar-refractivity contribution in [1.82, 2.24) is 0 Å². The first-order valence-corrected chi connectivity index (χ1v) is 34.9. The van der Waals surface area contributed by atoms with Crippen LogP contribution in [0.25, 0.3) is 155 Å². The molecule has 0 atom stereocenters. The van der Waals surface area contributed by atoms with Crippen LogP contribution in [0.1, 0.15) is 131 Å². The fourth-order valence-electron chi connectivity index (χ4n) is 17.5. The summed E-state index contributed by atoms with van der Waals surface area (Å²) in [5, 5.41) is 10.9. The van der Waals surface area contributed by atoms with Gasteiger partial charge < -0.3 is 0 Å². The number of hydrogen-bond acceptors (Lipinski definition) is 0. The van der Waals surface area contributed by atoms with Crippen LogP contribution in [-0.2, 0) is 22.7 Å². The standard InChI is InChI=1S/C96H80/c1-55-45-83(81-43-35-71-49-73(93(3,4)5)47-69-33-37-75(55)91(81)89(69)71)63-25-21-60(22-26-63)58-15-13-57(14-16-58)59-17-19-61(20-18-59)65-29-39-77-79-41-31-67(53-87(79)95(9,10)85(77)51-65)68-32-42-80-78-40-30-66(52-86(78)96(11,12)88(80)54-68)62-23-27-64(28-24-62)84-46-56(2)76-38-34-70-48-74(94(6,7)8)50-72-36-44-82(84)92(76)90(70)72/h13-37,39-47,49-54H,38,48H2,1-12H3. The molecule has 18 rings (SSSR count). The van der Waals surface area contributed by atoms with Crippen molar-refractivity contribution in [3.63, 3.8) is 0 Å². The zero-order valence-electron chi connectivity index (χ0n) is 57.5. The van der Waals surface area contributed by atoms with Gasteiger partial charge in [0.1, 0.15) is 0 Å². The maximum atomic E-state index is 2.51. The molecule has 0 fully saturated rings. The molecule has 0 saturated carbocycles. The largest absolute Gasteiger partial charge is 0.0759 e. The molecule has 0 spiro atoms. The first-order valence-electron chi connectivity index (χ1n) is 34.9. The summed E-state index contributed by atoms with van der Waals surface area (Å²) in [4.78, 5) is 0. The molecular weight excluding hydrogens is 1150 g/mol. The predicted octanol–water partition coefficient (Wildman–Crippen LogP) is 26.7. The van der Waals surface area contributed by atoms with Crippen LogP contribution in [0.4, 0.5) is 0 Å². The van der Waals surface area contributed by atoms with Crippen LogP contribution < -0.4 is 0 Å². The molecule has 0 nitrogen and oxygen atoms in total. The zero-order chi connectivity index (χ0) is 65.6. The van der Waals surface area contributed by atoms with Crippen LogP contribution >= 0.6 is 0 Å². The summed E-state index contributed by atoms with van der Waals surface area (Å²) < 4.78 is 0. The second-order valence-corrected chi connectivity index (χ2v) is 31.7. The minimum absolute atomic E-state index is 0.0889. The van der Waals surface area contributed by atoms with Crippen LogP contribution in [-0.4, -0.2) is 0 Å². The third-order valence-corrected chi connectivity index (χ3v) is 23.2. The molecule has 96 heavy (non-hydrogen) atoms. The average Bonchev–Trinajstić information content (AvgIpc) is 1.05. The SMILES string of the molecule is Cc1cc(-c2ccc(-c3ccc4c(c3)C(C)(C)c3cc(-c5ccc6c(c5)C(C)(C)c5cc(-c7ccc(-c8ccc(-c9ccc(-c%10cc(C)c%11ccc%12cc(C(C)(C)C)cc%13ccc%10c%11c%12%13)cc9)cc8)cc7)ccc5-6)ccc3-4)cc2)c2ccc3c4c2c1CC=C4CC(C(C)(C)C)=C3. The third-order valence-electron chi connectivity index (χ3n) is 23.2. The maximum Gasteiger partial charge on any atom is 0.0159 e. The summed E-state index contributed by atoms with van der Waals surface area (Å²) in [6.07, 6.45) is 7.04. The van der Waals surface area contributed by atoms with E-state index in [1.54, 1.807) is 0 Å². The highest BCUT2D eigenvalue weighted by atomic mass is 14.4. The van der Waals surface area contributed by atoms with Gasteiger partial charge in [-0.1, -0.05) is 293 Å². The smallest absolute Gasteiger partial charge is 0.0159 e. The van der Waals surface area contributed by atoms with Crippen LogP contribution in [0, 0.1) is 19.3 Å². The summed E-state index contributed by atoms with van der Waals surface area (Å²) in [5.41, 5.74) is 39.8. The second-order valence-electron chi connectivity index (χ2n) is 31.7. The molecule has 464 valence electrons. The van der Waals surface area contributed by atoms with Gasteiger partial charge in [0.25, 0.3) is 0 Å². The summed E-state index contributed by atoms with van der Waals surface area (Å²) in [5.74, 6) is 0. The van der Waals surface area contributed by atoms with Crippen molar-refractivity contribution >= 4 is 54.7 Å². The minimum Gasteiger partial charge on any atom is -0.0759 e. The Labute approximate surface area is 566 Å². The maximum absolute atomic E-state index is 2.51. The molecule has 0 aromatic heterocycles. The zero-order valence-corrected chi connectivity index (χ0v) is 57.5. The molecule has 0 N–H and O–H groups in total. The van der Waals surface area contributed by atoms with Gasteiger partial charge in [-0.15, -0.1) is 0 Å². The molecule has 0 amide bonds. The Morgan fingerprint density at radius 1 is 0.312 bits per heavy atom. The monoisotopic (exact) mass is 1230 g/mol. The van der Waals surface area contributed by atoms with E-state index in [0.717, 1.165) is 12.8 Å². The Morgan fingerprint density at radius 3 is 1.10 bits per heavy atom. The molecule has 4 aliphatic rings. The highest BCUT2D eigenvalue weighted by molar-refractivity contribution is 6.26. The molecule has 0 aliphatic heterocycles. The van der Waals surface area contributed by atoms with Crippen LogP contribution in [0.2, 0.25) is 0 Å². The first kappa shape index (κ1) is 58.4. The Bertz CT molecular complexity index is 5700. The van der Waals surface area contributed by atoms with Gasteiger partial charge in [-0.2, -0.15) is 0 Å². The summed E-state index contributed by atoms with van der Waals surface area (Å²) >= 11 is 0. The topological polar surface area (TPSA) is 0 Å². The molecule has 14 aromatic carbocycles. The molecule has 0 bridgehead atoms. The summed E-state index contributed by atoms with van der Waals surface area (Å²) in [7, 11) is 0. The second kappa shape index (κ2) is 20.7. The van der Waals surface area contributed by atoms with Gasteiger partial charge in [0.05, 0.1) is 0 Å². The number of aryl methyl sites for hydroxylation is 2. The van der Waals surface area contributed by atoms with Crippen LogP contribution in [0.15, 0.2) is 242 Å². The van der Waals surface area contributed by atoms with Crippen molar-refractivity contribution in [2.75, 3.05) is 0 Å². The molecule has 0 heteroatoms. The number of hydrogen-bond donors (Lipinski definition) is 0. The lowest BCUT2D eigenvalue weighted by Gasteiger charge is -2.32. The van der Waals surface area contributed by atoms with Crippen molar-refractivity contribution < 1.29 is 0 Å². The number of benzene rings is 14. The lowest BCUT2D eigenvalue weighted by Crippen LogP contribution is -2.15. The fourth-order valence-corrected chi connectivity index (χ4v) is 17.5. The van der Waals surface area contributed by atoms with Gasteiger partial charge in [-0.3, -0.25) is 0 Å². The van der Waals surface area contributed by atoms with Crippen molar-refractivity contribution in [2.45, 2.75) is 112 Å². The van der Waals surface area contributed by atoms with E-state index in [0.29, 0.717) is 0 Å².